The number of unbranched alkanes of at least 4 members (excludes halogenated alkanes) is 1. The van der Waals surface area contributed by atoms with Crippen LogP contribution in [0.4, 0.5) is 0 Å². The molecule has 0 aromatic heterocycles. The standard InChI is InChI=1S/C6H11Cl2OP/c1-2-3-4-5-6-10(7,8)9/h2-3H,4-6H2,1H3/b3-2+. The molecule has 0 aliphatic carbocycles. The van der Waals surface area contributed by atoms with Crippen LogP contribution in [0.3, 0.4) is 0 Å². The van der Waals surface area contributed by atoms with Crippen molar-refractivity contribution >= 4 is 28.3 Å². The highest BCUT2D eigenvalue weighted by Gasteiger charge is 2.11. The molecular formula is C6H11Cl2OP. The Morgan fingerprint density at radius 2 is 2.10 bits per heavy atom. The highest BCUT2D eigenvalue weighted by Crippen LogP contribution is 2.56. The van der Waals surface area contributed by atoms with Crippen molar-refractivity contribution in [1.29, 1.82) is 0 Å². The van der Waals surface area contributed by atoms with Gasteiger partial charge in [-0.25, -0.2) is 0 Å². The van der Waals surface area contributed by atoms with Crippen molar-refractivity contribution in [2.24, 2.45) is 0 Å². The van der Waals surface area contributed by atoms with E-state index >= 15 is 0 Å². The molecule has 0 fully saturated rings. The minimum atomic E-state index is -2.80. The first-order valence-corrected chi connectivity index (χ1v) is 6.86. The predicted octanol–water partition coefficient (Wildman–Crippen LogP) is 4.01. The Morgan fingerprint density at radius 1 is 1.50 bits per heavy atom. The number of hydrogen-bond acceptors (Lipinski definition) is 1. The number of rotatable bonds is 4. The van der Waals surface area contributed by atoms with E-state index in [0.29, 0.717) is 6.16 Å². The van der Waals surface area contributed by atoms with Gasteiger partial charge in [-0.2, -0.15) is 0 Å². The molecule has 0 saturated carbocycles. The van der Waals surface area contributed by atoms with Gasteiger partial charge in [0.2, 0.25) is 0 Å². The van der Waals surface area contributed by atoms with Crippen molar-refractivity contribution in [2.45, 2.75) is 19.8 Å². The fourth-order valence-corrected chi connectivity index (χ4v) is 1.83. The molecule has 0 bridgehead atoms. The van der Waals surface area contributed by atoms with Crippen molar-refractivity contribution in [3.63, 3.8) is 0 Å². The van der Waals surface area contributed by atoms with E-state index in [1.54, 1.807) is 0 Å². The molecule has 0 aromatic carbocycles. The van der Waals surface area contributed by atoms with E-state index in [2.05, 4.69) is 0 Å². The molecule has 0 saturated heterocycles. The zero-order chi connectivity index (χ0) is 8.04. The van der Waals surface area contributed by atoms with E-state index in [0.717, 1.165) is 12.8 Å². The quantitative estimate of drug-likeness (QED) is 0.381. The van der Waals surface area contributed by atoms with Crippen molar-refractivity contribution < 1.29 is 4.57 Å². The van der Waals surface area contributed by atoms with Crippen LogP contribution in [0.1, 0.15) is 19.8 Å². The average Bonchev–Trinajstić information content (AvgIpc) is 1.78. The Labute approximate surface area is 71.4 Å². The minimum absolute atomic E-state index is 0.417. The van der Waals surface area contributed by atoms with Gasteiger partial charge in [-0.05, 0) is 42.2 Å². The number of halogens is 2. The lowest BCUT2D eigenvalue weighted by Crippen LogP contribution is -1.76. The Morgan fingerprint density at radius 3 is 2.50 bits per heavy atom. The van der Waals surface area contributed by atoms with Gasteiger partial charge in [-0.3, -0.25) is 4.57 Å². The maximum absolute atomic E-state index is 10.7. The summed E-state index contributed by atoms with van der Waals surface area (Å²) in [6.45, 7) is 1.95. The van der Waals surface area contributed by atoms with Gasteiger partial charge in [0.25, 0.3) is 5.85 Å². The molecule has 0 aliphatic heterocycles. The molecule has 0 amide bonds. The Hall–Kier alpha value is 0.550. The molecule has 0 unspecified atom stereocenters. The topological polar surface area (TPSA) is 17.1 Å². The Balaban J connectivity index is 3.29. The van der Waals surface area contributed by atoms with E-state index in [1.165, 1.54) is 0 Å². The first kappa shape index (κ1) is 10.6. The van der Waals surface area contributed by atoms with Crippen LogP contribution >= 0.6 is 28.3 Å². The van der Waals surface area contributed by atoms with Crippen LogP contribution in [-0.2, 0) is 4.57 Å². The summed E-state index contributed by atoms with van der Waals surface area (Å²) in [7, 11) is 0. The highest BCUT2D eigenvalue weighted by atomic mass is 35.9. The van der Waals surface area contributed by atoms with Gasteiger partial charge in [0, 0.05) is 6.16 Å². The molecule has 0 spiro atoms. The van der Waals surface area contributed by atoms with Gasteiger partial charge < -0.3 is 0 Å². The van der Waals surface area contributed by atoms with Gasteiger partial charge in [-0.15, -0.1) is 0 Å². The SMILES string of the molecule is C/C=C/CCCP(=O)(Cl)Cl. The predicted molar refractivity (Wildman–Crippen MR) is 48.2 cm³/mol. The fourth-order valence-electron chi connectivity index (χ4n) is 0.560. The maximum atomic E-state index is 10.7. The van der Waals surface area contributed by atoms with Crippen molar-refractivity contribution in [3.8, 4) is 0 Å². The molecule has 60 valence electrons. The molecular weight excluding hydrogens is 190 g/mol. The zero-order valence-electron chi connectivity index (χ0n) is 5.89. The average molecular weight is 201 g/mol. The zero-order valence-corrected chi connectivity index (χ0v) is 8.29. The number of hydrogen-bond donors (Lipinski definition) is 0. The smallest absolute Gasteiger partial charge is 0.253 e. The lowest BCUT2D eigenvalue weighted by Gasteiger charge is -1.97. The van der Waals surface area contributed by atoms with Crippen LogP contribution in [0.2, 0.25) is 0 Å². The van der Waals surface area contributed by atoms with E-state index in [4.69, 9.17) is 22.5 Å². The van der Waals surface area contributed by atoms with Gasteiger partial charge in [-0.1, -0.05) is 12.2 Å². The van der Waals surface area contributed by atoms with Crippen LogP contribution in [0, 0.1) is 0 Å². The third-order valence-electron chi connectivity index (χ3n) is 1.02. The van der Waals surface area contributed by atoms with E-state index < -0.39 is 5.85 Å². The van der Waals surface area contributed by atoms with Crippen LogP contribution in [-0.4, -0.2) is 6.16 Å². The molecule has 0 aliphatic rings. The molecule has 0 aromatic rings. The summed E-state index contributed by atoms with van der Waals surface area (Å²) in [5.74, 6) is -2.80. The van der Waals surface area contributed by atoms with Crippen molar-refractivity contribution in [1.82, 2.24) is 0 Å². The van der Waals surface area contributed by atoms with Crippen LogP contribution in [0.25, 0.3) is 0 Å². The van der Waals surface area contributed by atoms with Crippen LogP contribution < -0.4 is 0 Å². The summed E-state index contributed by atoms with van der Waals surface area (Å²) in [6, 6.07) is 0. The summed E-state index contributed by atoms with van der Waals surface area (Å²) in [5.41, 5.74) is 0. The highest BCUT2D eigenvalue weighted by molar-refractivity contribution is 8.08. The summed E-state index contributed by atoms with van der Waals surface area (Å²) in [6.07, 6.45) is 6.08. The molecule has 10 heavy (non-hydrogen) atoms. The summed E-state index contributed by atoms with van der Waals surface area (Å²) in [5, 5.41) is 0. The second-order valence-electron chi connectivity index (χ2n) is 2.00. The summed E-state index contributed by atoms with van der Waals surface area (Å²) >= 11 is 10.6. The van der Waals surface area contributed by atoms with Gasteiger partial charge in [0.05, 0.1) is 0 Å². The fraction of sp³-hybridized carbons (Fsp3) is 0.667. The Bertz CT molecular complexity index is 150. The molecule has 0 heterocycles. The van der Waals surface area contributed by atoms with Crippen LogP contribution in [0.5, 0.6) is 0 Å². The first-order valence-electron chi connectivity index (χ1n) is 3.16. The first-order chi connectivity index (χ1) is 4.56. The molecule has 0 atom stereocenters. The minimum Gasteiger partial charge on any atom is -0.289 e. The molecule has 1 nitrogen and oxygen atoms in total. The van der Waals surface area contributed by atoms with Gasteiger partial charge in [0.1, 0.15) is 0 Å². The molecule has 0 radical (unpaired) electrons. The van der Waals surface area contributed by atoms with Crippen molar-refractivity contribution in [2.75, 3.05) is 6.16 Å². The van der Waals surface area contributed by atoms with Gasteiger partial charge >= 0.3 is 0 Å². The monoisotopic (exact) mass is 200 g/mol. The lowest BCUT2D eigenvalue weighted by molar-refractivity contribution is 0.591. The second-order valence-corrected chi connectivity index (χ2v) is 7.39. The summed E-state index contributed by atoms with van der Waals surface area (Å²) < 4.78 is 10.7. The molecule has 0 N–H and O–H groups in total. The maximum Gasteiger partial charge on any atom is 0.253 e. The lowest BCUT2D eigenvalue weighted by atomic mass is 10.3. The molecule has 0 rings (SSSR count). The molecule has 4 heteroatoms. The second kappa shape index (κ2) is 5.23. The largest absolute Gasteiger partial charge is 0.289 e. The van der Waals surface area contributed by atoms with Gasteiger partial charge in [0.15, 0.2) is 0 Å². The van der Waals surface area contributed by atoms with E-state index in [-0.39, 0.29) is 0 Å². The third-order valence-corrected chi connectivity index (χ3v) is 2.88. The number of allylic oxidation sites excluding steroid dienone is 2. The third kappa shape index (κ3) is 8.55. The van der Waals surface area contributed by atoms with Crippen LogP contribution in [0.15, 0.2) is 12.2 Å². The van der Waals surface area contributed by atoms with E-state index in [9.17, 15) is 4.57 Å². The van der Waals surface area contributed by atoms with Crippen molar-refractivity contribution in [3.05, 3.63) is 12.2 Å². The Kier molecular flexibility index (Phi) is 5.52. The van der Waals surface area contributed by atoms with E-state index in [1.807, 2.05) is 19.1 Å². The summed E-state index contributed by atoms with van der Waals surface area (Å²) in [4.78, 5) is 0. The normalized spacial score (nSPS) is 12.7.